The number of aliphatic hydroxyl groups excluding tert-OH is 2. The number of fused-ring (bicyclic) bond motifs is 2. The summed E-state index contributed by atoms with van der Waals surface area (Å²) in [6.07, 6.45) is 11.2. The van der Waals surface area contributed by atoms with Crippen LogP contribution in [0, 0.1) is 11.3 Å². The lowest BCUT2D eigenvalue weighted by molar-refractivity contribution is -0.162. The van der Waals surface area contributed by atoms with Crippen LogP contribution in [0.5, 0.6) is 0 Å². The zero-order valence-corrected chi connectivity index (χ0v) is 21.5. The molecule has 6 nitrogen and oxygen atoms in total. The minimum absolute atomic E-state index is 0.0354. The number of aromatic nitrogens is 2. The van der Waals surface area contributed by atoms with Crippen molar-refractivity contribution < 1.29 is 14.9 Å². The molecule has 7 atom stereocenters. The average molecular weight is 486 g/mol. The SMILES string of the molecule is CC1=C2C=C3[C@@H](O)[C@H](O)[C@@H](N(C)C)C[C@]34CC[C@]2(O4)C2CC=C(c3ccc4cnncc4c3)[C@@]2(C)C1. The van der Waals surface area contributed by atoms with Crippen LogP contribution in [0.25, 0.3) is 16.3 Å². The molecule has 1 saturated carbocycles. The van der Waals surface area contributed by atoms with Crippen LogP contribution >= 0.6 is 0 Å². The van der Waals surface area contributed by atoms with Crippen molar-refractivity contribution in [3.8, 4) is 0 Å². The molecule has 2 aliphatic heterocycles. The van der Waals surface area contributed by atoms with Gasteiger partial charge < -0.3 is 19.8 Å². The van der Waals surface area contributed by atoms with Crippen molar-refractivity contribution in [2.24, 2.45) is 11.3 Å². The Morgan fingerprint density at radius 3 is 2.64 bits per heavy atom. The van der Waals surface area contributed by atoms with Gasteiger partial charge in [-0.05, 0) is 81.5 Å². The van der Waals surface area contributed by atoms with Crippen molar-refractivity contribution in [1.82, 2.24) is 15.1 Å². The number of likely N-dealkylation sites (N-methyl/N-ethyl adjacent to an activating group) is 1. The van der Waals surface area contributed by atoms with Gasteiger partial charge in [-0.25, -0.2) is 0 Å². The van der Waals surface area contributed by atoms with E-state index >= 15 is 0 Å². The van der Waals surface area contributed by atoms with E-state index in [2.05, 4.69) is 54.4 Å². The molecule has 5 aliphatic rings. The van der Waals surface area contributed by atoms with Crippen LogP contribution < -0.4 is 0 Å². The van der Waals surface area contributed by atoms with Gasteiger partial charge in [0.15, 0.2) is 0 Å². The number of allylic oxidation sites excluding steroid dienone is 3. The Morgan fingerprint density at radius 2 is 1.86 bits per heavy atom. The fraction of sp³-hybridized carbons (Fsp3) is 0.533. The molecule has 2 N–H and O–H groups in total. The molecular formula is C30H35N3O3. The van der Waals surface area contributed by atoms with Crippen LogP contribution in [0.4, 0.5) is 0 Å². The largest absolute Gasteiger partial charge is 0.388 e. The van der Waals surface area contributed by atoms with E-state index in [1.54, 1.807) is 0 Å². The average Bonchev–Trinajstić information content (AvgIpc) is 3.36. The Labute approximate surface area is 212 Å². The first-order valence-electron chi connectivity index (χ1n) is 13.3. The normalized spacial score (nSPS) is 41.2. The molecule has 1 saturated heterocycles. The van der Waals surface area contributed by atoms with Crippen molar-refractivity contribution in [2.45, 2.75) is 75.4 Å². The first-order chi connectivity index (χ1) is 17.2. The van der Waals surface area contributed by atoms with Gasteiger partial charge in [0.05, 0.1) is 29.7 Å². The summed E-state index contributed by atoms with van der Waals surface area (Å²) in [4.78, 5) is 2.04. The minimum Gasteiger partial charge on any atom is -0.388 e. The third-order valence-corrected chi connectivity index (χ3v) is 10.3. The third kappa shape index (κ3) is 2.76. The van der Waals surface area contributed by atoms with Gasteiger partial charge in [0.2, 0.25) is 0 Å². The van der Waals surface area contributed by atoms with E-state index in [-0.39, 0.29) is 17.1 Å². The Kier molecular flexibility index (Phi) is 4.65. The van der Waals surface area contributed by atoms with E-state index in [9.17, 15) is 10.2 Å². The topological polar surface area (TPSA) is 78.7 Å². The molecule has 2 spiro atoms. The second-order valence-corrected chi connectivity index (χ2v) is 12.3. The lowest BCUT2D eigenvalue weighted by atomic mass is 9.56. The van der Waals surface area contributed by atoms with Crippen LogP contribution in [0.3, 0.4) is 0 Å². The summed E-state index contributed by atoms with van der Waals surface area (Å²) in [5, 5.41) is 32.5. The van der Waals surface area contributed by atoms with Gasteiger partial charge >= 0.3 is 0 Å². The number of ether oxygens (including phenoxy) is 1. The van der Waals surface area contributed by atoms with Gasteiger partial charge in [0, 0.05) is 28.1 Å². The number of hydrogen-bond acceptors (Lipinski definition) is 6. The van der Waals surface area contributed by atoms with Crippen LogP contribution in [-0.2, 0) is 4.74 Å². The molecule has 36 heavy (non-hydrogen) atoms. The maximum absolute atomic E-state index is 11.2. The standard InChI is InChI=1S/C30H35N3O3/c1-17-13-28(2)21(18-5-6-19-15-31-32-16-20(19)11-18)7-8-25(28)30-10-9-29(36-30)14-24(33(3)4)27(35)26(34)23(29)12-22(17)30/h5-7,11-12,15-16,24-27,34-35H,8-10,13-14H2,1-4H3/t24-,25?,26+,27+,28+,29+,30+/m0/s1. The molecular weight excluding hydrogens is 450 g/mol. The zero-order chi connectivity index (χ0) is 25.0. The van der Waals surface area contributed by atoms with Crippen molar-refractivity contribution in [3.63, 3.8) is 0 Å². The van der Waals surface area contributed by atoms with Crippen molar-refractivity contribution >= 4 is 16.3 Å². The van der Waals surface area contributed by atoms with Gasteiger partial charge in [-0.3, -0.25) is 0 Å². The Hall–Kier alpha value is -2.38. The van der Waals surface area contributed by atoms with Crippen molar-refractivity contribution in [3.05, 3.63) is 65.0 Å². The van der Waals surface area contributed by atoms with E-state index in [0.29, 0.717) is 12.3 Å². The minimum atomic E-state index is -0.895. The summed E-state index contributed by atoms with van der Waals surface area (Å²) in [5.74, 6) is 0.337. The molecule has 2 bridgehead atoms. The number of benzene rings is 1. The Morgan fingerprint density at radius 1 is 1.08 bits per heavy atom. The molecule has 2 aromatic rings. The predicted molar refractivity (Wildman–Crippen MR) is 139 cm³/mol. The van der Waals surface area contributed by atoms with E-state index in [1.807, 2.05) is 31.4 Å². The van der Waals surface area contributed by atoms with E-state index in [1.165, 1.54) is 22.3 Å². The molecule has 6 heteroatoms. The van der Waals surface area contributed by atoms with Gasteiger partial charge in [-0.15, -0.1) is 0 Å². The summed E-state index contributed by atoms with van der Waals surface area (Å²) in [5.41, 5.74) is 5.27. The van der Waals surface area contributed by atoms with Crippen LogP contribution in [-0.4, -0.2) is 68.9 Å². The summed E-state index contributed by atoms with van der Waals surface area (Å²) in [6, 6.07) is 6.50. The van der Waals surface area contributed by atoms with Crippen LogP contribution in [0.1, 0.15) is 51.5 Å². The fourth-order valence-electron chi connectivity index (χ4n) is 8.61. The first-order valence-corrected chi connectivity index (χ1v) is 13.3. The highest BCUT2D eigenvalue weighted by Gasteiger charge is 2.68. The number of aliphatic hydroxyl groups is 2. The lowest BCUT2D eigenvalue weighted by Gasteiger charge is -2.56. The third-order valence-electron chi connectivity index (χ3n) is 10.3. The molecule has 1 aromatic heterocycles. The predicted octanol–water partition coefficient (Wildman–Crippen LogP) is 4.04. The molecule has 1 aromatic carbocycles. The summed E-state index contributed by atoms with van der Waals surface area (Å²) in [6.45, 7) is 4.67. The monoisotopic (exact) mass is 485 g/mol. The highest BCUT2D eigenvalue weighted by atomic mass is 16.5. The van der Waals surface area contributed by atoms with Gasteiger partial charge in [0.25, 0.3) is 0 Å². The maximum atomic E-state index is 11.2. The fourth-order valence-corrected chi connectivity index (χ4v) is 8.61. The van der Waals surface area contributed by atoms with Crippen molar-refractivity contribution in [2.75, 3.05) is 14.1 Å². The van der Waals surface area contributed by atoms with E-state index in [4.69, 9.17) is 4.74 Å². The van der Waals surface area contributed by atoms with Crippen LogP contribution in [0.2, 0.25) is 0 Å². The van der Waals surface area contributed by atoms with Gasteiger partial charge in [0.1, 0.15) is 6.10 Å². The molecule has 188 valence electrons. The van der Waals surface area contributed by atoms with Crippen LogP contribution in [0.15, 0.2) is 59.5 Å². The molecule has 3 heterocycles. The molecule has 1 unspecified atom stereocenters. The zero-order valence-electron chi connectivity index (χ0n) is 21.5. The van der Waals surface area contributed by atoms with E-state index in [0.717, 1.165) is 42.0 Å². The second kappa shape index (κ2) is 7.35. The van der Waals surface area contributed by atoms with E-state index < -0.39 is 17.8 Å². The summed E-state index contributed by atoms with van der Waals surface area (Å²) < 4.78 is 7.31. The highest BCUT2D eigenvalue weighted by Crippen LogP contribution is 2.69. The summed E-state index contributed by atoms with van der Waals surface area (Å²) in [7, 11) is 3.96. The molecule has 2 fully saturated rings. The Bertz CT molecular complexity index is 1380. The second-order valence-electron chi connectivity index (χ2n) is 12.3. The molecule has 0 amide bonds. The summed E-state index contributed by atoms with van der Waals surface area (Å²) >= 11 is 0. The quantitative estimate of drug-likeness (QED) is 0.669. The lowest BCUT2D eigenvalue weighted by Crippen LogP contribution is -2.62. The first kappa shape index (κ1) is 22.8. The molecule has 0 radical (unpaired) electrons. The Balaban J connectivity index is 1.33. The van der Waals surface area contributed by atoms with Gasteiger partial charge in [-0.2, -0.15) is 10.2 Å². The number of nitrogens with zero attached hydrogens (tertiary/aromatic N) is 3. The molecule has 7 rings (SSSR count). The number of rotatable bonds is 2. The van der Waals surface area contributed by atoms with Crippen molar-refractivity contribution in [1.29, 1.82) is 0 Å². The highest BCUT2D eigenvalue weighted by molar-refractivity contribution is 5.86. The van der Waals surface area contributed by atoms with Gasteiger partial charge in [-0.1, -0.05) is 36.8 Å². The number of hydrogen-bond donors (Lipinski definition) is 2. The maximum Gasteiger partial charge on any atom is 0.105 e. The smallest absolute Gasteiger partial charge is 0.105 e. The molecule has 3 aliphatic carbocycles.